The van der Waals surface area contributed by atoms with Gasteiger partial charge in [-0.1, -0.05) is 28.1 Å². The molecule has 0 unspecified atom stereocenters. The lowest BCUT2D eigenvalue weighted by Gasteiger charge is -2.12. The van der Waals surface area contributed by atoms with Crippen molar-refractivity contribution < 1.29 is 8.42 Å². The van der Waals surface area contributed by atoms with Crippen LogP contribution in [0.5, 0.6) is 0 Å². The first-order chi connectivity index (χ1) is 9.97. The third-order valence-electron chi connectivity index (χ3n) is 3.61. The average molecular weight is 367 g/mol. The summed E-state index contributed by atoms with van der Waals surface area (Å²) in [6.07, 6.45) is 0.938. The Labute approximate surface area is 132 Å². The maximum absolute atomic E-state index is 12.5. The molecule has 0 aliphatic carbocycles. The van der Waals surface area contributed by atoms with Crippen LogP contribution in [0.2, 0.25) is 0 Å². The molecule has 0 aromatic heterocycles. The van der Waals surface area contributed by atoms with Crippen molar-refractivity contribution in [1.29, 1.82) is 0 Å². The summed E-state index contributed by atoms with van der Waals surface area (Å²) in [6.45, 7) is 2.73. The van der Waals surface area contributed by atoms with Crippen LogP contribution >= 0.6 is 15.9 Å². The van der Waals surface area contributed by atoms with E-state index in [-0.39, 0.29) is 4.90 Å². The van der Waals surface area contributed by atoms with Gasteiger partial charge in [0.05, 0.1) is 10.6 Å². The first-order valence-electron chi connectivity index (χ1n) is 6.62. The second-order valence-electron chi connectivity index (χ2n) is 5.01. The minimum absolute atomic E-state index is 0.273. The van der Waals surface area contributed by atoms with Crippen LogP contribution in [0, 0.1) is 6.92 Å². The van der Waals surface area contributed by atoms with Gasteiger partial charge >= 0.3 is 0 Å². The Hall–Kier alpha value is -1.53. The number of hydrogen-bond acceptors (Lipinski definition) is 3. The summed E-state index contributed by atoms with van der Waals surface area (Å²) in [7, 11) is -3.58. The van der Waals surface area contributed by atoms with Crippen LogP contribution in [-0.2, 0) is 16.4 Å². The number of anilines is 2. The van der Waals surface area contributed by atoms with Crippen molar-refractivity contribution in [2.45, 2.75) is 18.2 Å². The highest BCUT2D eigenvalue weighted by atomic mass is 79.9. The van der Waals surface area contributed by atoms with Gasteiger partial charge in [0.15, 0.2) is 0 Å². The van der Waals surface area contributed by atoms with E-state index >= 15 is 0 Å². The molecule has 1 aliphatic heterocycles. The Morgan fingerprint density at radius 2 is 2.05 bits per heavy atom. The average Bonchev–Trinajstić information content (AvgIpc) is 2.91. The van der Waals surface area contributed by atoms with Crippen molar-refractivity contribution in [3.05, 3.63) is 52.0 Å². The third kappa shape index (κ3) is 2.78. The minimum Gasteiger partial charge on any atom is -0.384 e. The van der Waals surface area contributed by atoms with Gasteiger partial charge in [0.25, 0.3) is 10.0 Å². The fourth-order valence-electron chi connectivity index (χ4n) is 2.36. The number of rotatable bonds is 3. The summed E-state index contributed by atoms with van der Waals surface area (Å²) in [4.78, 5) is 0.273. The van der Waals surface area contributed by atoms with Gasteiger partial charge in [0, 0.05) is 16.7 Å². The van der Waals surface area contributed by atoms with Crippen molar-refractivity contribution in [1.82, 2.24) is 0 Å². The Bertz CT molecular complexity index is 803. The fourth-order valence-corrected chi connectivity index (χ4v) is 3.87. The Balaban J connectivity index is 1.96. The Morgan fingerprint density at radius 1 is 1.24 bits per heavy atom. The first-order valence-corrected chi connectivity index (χ1v) is 8.90. The van der Waals surface area contributed by atoms with E-state index in [9.17, 15) is 8.42 Å². The number of benzene rings is 2. The van der Waals surface area contributed by atoms with Crippen molar-refractivity contribution in [2.75, 3.05) is 16.6 Å². The normalized spacial score (nSPS) is 13.6. The number of fused-ring (bicyclic) bond motifs is 1. The van der Waals surface area contributed by atoms with E-state index in [1.165, 1.54) is 0 Å². The third-order valence-corrected chi connectivity index (χ3v) is 5.84. The molecule has 0 atom stereocenters. The highest BCUT2D eigenvalue weighted by Crippen LogP contribution is 2.28. The highest BCUT2D eigenvalue weighted by Gasteiger charge is 2.19. The lowest BCUT2D eigenvalue weighted by molar-refractivity contribution is 0.601. The molecule has 1 heterocycles. The lowest BCUT2D eigenvalue weighted by atomic mass is 10.2. The number of sulfonamides is 1. The van der Waals surface area contributed by atoms with Gasteiger partial charge in [-0.2, -0.15) is 0 Å². The maximum Gasteiger partial charge on any atom is 0.261 e. The molecular weight excluding hydrogens is 352 g/mol. The molecule has 0 spiro atoms. The van der Waals surface area contributed by atoms with Crippen LogP contribution in [0.1, 0.15) is 11.1 Å². The second kappa shape index (κ2) is 5.35. The van der Waals surface area contributed by atoms with Crippen molar-refractivity contribution >= 4 is 37.3 Å². The lowest BCUT2D eigenvalue weighted by Crippen LogP contribution is -2.14. The quantitative estimate of drug-likeness (QED) is 0.873. The zero-order valence-corrected chi connectivity index (χ0v) is 13.9. The van der Waals surface area contributed by atoms with Gasteiger partial charge in [-0.15, -0.1) is 0 Å². The molecule has 110 valence electrons. The van der Waals surface area contributed by atoms with E-state index in [0.29, 0.717) is 5.69 Å². The summed E-state index contributed by atoms with van der Waals surface area (Å²) in [6, 6.07) is 10.7. The summed E-state index contributed by atoms with van der Waals surface area (Å²) in [5.41, 5.74) is 3.51. The molecule has 2 N–H and O–H groups in total. The van der Waals surface area contributed by atoms with Crippen LogP contribution in [0.4, 0.5) is 11.4 Å². The van der Waals surface area contributed by atoms with E-state index in [4.69, 9.17) is 0 Å². The monoisotopic (exact) mass is 366 g/mol. The van der Waals surface area contributed by atoms with E-state index in [1.807, 2.05) is 19.1 Å². The van der Waals surface area contributed by atoms with Gasteiger partial charge in [-0.3, -0.25) is 4.72 Å². The fraction of sp³-hybridized carbons (Fsp3) is 0.200. The highest BCUT2D eigenvalue weighted by molar-refractivity contribution is 9.10. The van der Waals surface area contributed by atoms with E-state index < -0.39 is 10.0 Å². The minimum atomic E-state index is -3.58. The SMILES string of the molecule is Cc1c(Br)cccc1NS(=O)(=O)c1ccc2c(c1)NCC2. The van der Waals surface area contributed by atoms with Crippen LogP contribution in [0.15, 0.2) is 45.8 Å². The Morgan fingerprint density at radius 3 is 2.86 bits per heavy atom. The molecule has 0 radical (unpaired) electrons. The van der Waals surface area contributed by atoms with Crippen molar-refractivity contribution in [3.63, 3.8) is 0 Å². The first kappa shape index (κ1) is 14.4. The predicted molar refractivity (Wildman–Crippen MR) is 88.3 cm³/mol. The summed E-state index contributed by atoms with van der Waals surface area (Å²) in [5, 5.41) is 3.20. The summed E-state index contributed by atoms with van der Waals surface area (Å²) in [5.74, 6) is 0. The van der Waals surface area contributed by atoms with Gasteiger partial charge in [0.1, 0.15) is 0 Å². The zero-order valence-electron chi connectivity index (χ0n) is 11.5. The van der Waals surface area contributed by atoms with Crippen LogP contribution < -0.4 is 10.0 Å². The maximum atomic E-state index is 12.5. The molecule has 1 aliphatic rings. The molecular formula is C15H15BrN2O2S. The molecule has 0 fully saturated rings. The molecule has 0 saturated heterocycles. The molecule has 0 saturated carbocycles. The molecule has 3 rings (SSSR count). The summed E-state index contributed by atoms with van der Waals surface area (Å²) < 4.78 is 28.5. The van der Waals surface area contributed by atoms with Crippen LogP contribution in [0.25, 0.3) is 0 Å². The topological polar surface area (TPSA) is 58.2 Å². The van der Waals surface area contributed by atoms with Crippen molar-refractivity contribution in [2.24, 2.45) is 0 Å². The smallest absolute Gasteiger partial charge is 0.261 e. The second-order valence-corrected chi connectivity index (χ2v) is 7.55. The number of halogens is 1. The van der Waals surface area contributed by atoms with Crippen LogP contribution in [0.3, 0.4) is 0 Å². The van der Waals surface area contributed by atoms with Crippen molar-refractivity contribution in [3.8, 4) is 0 Å². The molecule has 6 heteroatoms. The van der Waals surface area contributed by atoms with Crippen LogP contribution in [-0.4, -0.2) is 15.0 Å². The van der Waals surface area contributed by atoms with E-state index in [0.717, 1.165) is 34.3 Å². The van der Waals surface area contributed by atoms with E-state index in [2.05, 4.69) is 26.0 Å². The number of hydrogen-bond donors (Lipinski definition) is 2. The molecule has 0 amide bonds. The molecule has 4 nitrogen and oxygen atoms in total. The number of nitrogens with one attached hydrogen (secondary N) is 2. The van der Waals surface area contributed by atoms with Gasteiger partial charge in [-0.05, 0) is 48.7 Å². The van der Waals surface area contributed by atoms with Gasteiger partial charge < -0.3 is 5.32 Å². The van der Waals surface area contributed by atoms with Gasteiger partial charge in [-0.25, -0.2) is 8.42 Å². The van der Waals surface area contributed by atoms with Gasteiger partial charge in [0.2, 0.25) is 0 Å². The van der Waals surface area contributed by atoms with E-state index in [1.54, 1.807) is 24.3 Å². The largest absolute Gasteiger partial charge is 0.384 e. The molecule has 21 heavy (non-hydrogen) atoms. The molecule has 2 aromatic rings. The molecule has 2 aromatic carbocycles. The zero-order chi connectivity index (χ0) is 15.0. The predicted octanol–water partition coefficient (Wildman–Crippen LogP) is 3.53. The Kier molecular flexibility index (Phi) is 3.67. The summed E-state index contributed by atoms with van der Waals surface area (Å²) >= 11 is 3.41. The standard InChI is InChI=1S/C15H15BrN2O2S/c1-10-13(16)3-2-4-14(10)18-21(19,20)12-6-5-11-7-8-17-15(11)9-12/h2-6,9,17-18H,7-8H2,1H3. The molecule has 0 bridgehead atoms.